The SMILES string of the molecule is COc1ccc(Br)c(CN2CCN(CCc3ccc(C(N)=O)c(OC(F)(F)F)c3)CC2)c1. The van der Waals surface area contributed by atoms with Crippen LogP contribution in [0, 0.1) is 0 Å². The molecule has 1 fully saturated rings. The third kappa shape index (κ3) is 6.85. The van der Waals surface area contributed by atoms with Crippen LogP contribution in [0.1, 0.15) is 21.5 Å². The molecule has 0 radical (unpaired) electrons. The summed E-state index contributed by atoms with van der Waals surface area (Å²) < 4.78 is 48.3. The number of nitrogens with two attached hydrogens (primary N) is 1. The van der Waals surface area contributed by atoms with Gasteiger partial charge in [0, 0.05) is 43.7 Å². The Morgan fingerprint density at radius 3 is 2.41 bits per heavy atom. The highest BCUT2D eigenvalue weighted by Gasteiger charge is 2.33. The molecule has 0 aliphatic carbocycles. The smallest absolute Gasteiger partial charge is 0.497 e. The van der Waals surface area contributed by atoms with Gasteiger partial charge in [0.05, 0.1) is 12.7 Å². The highest BCUT2D eigenvalue weighted by molar-refractivity contribution is 9.10. The molecule has 6 nitrogen and oxygen atoms in total. The molecule has 32 heavy (non-hydrogen) atoms. The first kappa shape index (κ1) is 24.3. The second kappa shape index (κ2) is 10.5. The van der Waals surface area contributed by atoms with Crippen molar-refractivity contribution in [1.29, 1.82) is 0 Å². The first-order valence-electron chi connectivity index (χ1n) is 10.1. The fraction of sp³-hybridized carbons (Fsp3) is 0.409. The molecule has 1 saturated heterocycles. The highest BCUT2D eigenvalue weighted by atomic mass is 79.9. The number of halogens is 4. The number of amides is 1. The number of primary amides is 1. The molecule has 10 heteroatoms. The number of rotatable bonds is 8. The molecule has 1 aliphatic heterocycles. The maximum atomic E-state index is 12.7. The molecule has 0 bridgehead atoms. The lowest BCUT2D eigenvalue weighted by atomic mass is 10.1. The van der Waals surface area contributed by atoms with Gasteiger partial charge >= 0.3 is 6.36 Å². The molecular weight excluding hydrogens is 491 g/mol. The molecule has 1 amide bonds. The molecule has 1 heterocycles. The third-order valence-corrected chi connectivity index (χ3v) is 6.14. The summed E-state index contributed by atoms with van der Waals surface area (Å²) in [6.07, 6.45) is -4.36. The summed E-state index contributed by atoms with van der Waals surface area (Å²) in [5.74, 6) is -0.705. The number of hydrogen-bond acceptors (Lipinski definition) is 5. The van der Waals surface area contributed by atoms with E-state index >= 15 is 0 Å². The summed E-state index contributed by atoms with van der Waals surface area (Å²) in [6.45, 7) is 4.97. The molecular formula is C22H25BrF3N3O3. The monoisotopic (exact) mass is 515 g/mol. The van der Waals surface area contributed by atoms with Gasteiger partial charge in [-0.2, -0.15) is 0 Å². The van der Waals surface area contributed by atoms with Gasteiger partial charge in [-0.25, -0.2) is 0 Å². The van der Waals surface area contributed by atoms with Gasteiger partial charge in [-0.3, -0.25) is 9.69 Å². The van der Waals surface area contributed by atoms with Crippen molar-refractivity contribution < 1.29 is 27.4 Å². The zero-order chi connectivity index (χ0) is 23.3. The Hall–Kier alpha value is -2.30. The number of methoxy groups -OCH3 is 1. The van der Waals surface area contributed by atoms with Crippen LogP contribution in [0.5, 0.6) is 11.5 Å². The number of hydrogen-bond donors (Lipinski definition) is 1. The molecule has 0 spiro atoms. The normalized spacial score (nSPS) is 15.5. The van der Waals surface area contributed by atoms with E-state index in [0.717, 1.165) is 48.5 Å². The highest BCUT2D eigenvalue weighted by Crippen LogP contribution is 2.28. The van der Waals surface area contributed by atoms with Crippen molar-refractivity contribution in [1.82, 2.24) is 9.80 Å². The molecule has 1 aliphatic rings. The van der Waals surface area contributed by atoms with E-state index in [-0.39, 0.29) is 5.56 Å². The van der Waals surface area contributed by atoms with Crippen LogP contribution in [-0.2, 0) is 13.0 Å². The summed E-state index contributed by atoms with van der Waals surface area (Å²) >= 11 is 3.58. The van der Waals surface area contributed by atoms with E-state index in [4.69, 9.17) is 10.5 Å². The second-order valence-corrected chi connectivity index (χ2v) is 8.42. The quantitative estimate of drug-likeness (QED) is 0.578. The number of benzene rings is 2. The Morgan fingerprint density at radius 2 is 1.78 bits per heavy atom. The van der Waals surface area contributed by atoms with Crippen molar-refractivity contribution in [2.75, 3.05) is 39.8 Å². The van der Waals surface area contributed by atoms with Gasteiger partial charge in [-0.15, -0.1) is 13.2 Å². The van der Waals surface area contributed by atoms with Gasteiger partial charge in [0.25, 0.3) is 5.91 Å². The van der Waals surface area contributed by atoms with E-state index in [1.807, 2.05) is 18.2 Å². The topological polar surface area (TPSA) is 68.0 Å². The van der Waals surface area contributed by atoms with Gasteiger partial charge in [0.1, 0.15) is 11.5 Å². The second-order valence-electron chi connectivity index (χ2n) is 7.57. The standard InChI is InChI=1S/C22H25BrF3N3O3/c1-31-17-3-5-19(23)16(13-17)14-29-10-8-28(9-11-29)7-6-15-2-4-18(21(27)30)20(12-15)32-22(24,25)26/h2-5,12-13H,6-11,14H2,1H3,(H2,27,30). The van der Waals surface area contributed by atoms with Crippen LogP contribution < -0.4 is 15.2 Å². The number of ether oxygens (including phenoxy) is 2. The molecule has 2 N–H and O–H groups in total. The Kier molecular flexibility index (Phi) is 8.02. The van der Waals surface area contributed by atoms with Crippen molar-refractivity contribution >= 4 is 21.8 Å². The maximum absolute atomic E-state index is 12.7. The largest absolute Gasteiger partial charge is 0.573 e. The zero-order valence-electron chi connectivity index (χ0n) is 17.6. The van der Waals surface area contributed by atoms with Gasteiger partial charge < -0.3 is 20.1 Å². The van der Waals surface area contributed by atoms with Gasteiger partial charge in [0.15, 0.2) is 0 Å². The average molecular weight is 516 g/mol. The van der Waals surface area contributed by atoms with Crippen LogP contribution in [-0.4, -0.2) is 61.9 Å². The fourth-order valence-electron chi connectivity index (χ4n) is 3.63. The molecule has 0 atom stereocenters. The van der Waals surface area contributed by atoms with Crippen LogP contribution in [0.25, 0.3) is 0 Å². The predicted octanol–water partition coefficient (Wildman–Crippen LogP) is 3.82. The Morgan fingerprint density at radius 1 is 1.09 bits per heavy atom. The molecule has 2 aromatic rings. The van der Waals surface area contributed by atoms with Gasteiger partial charge in [-0.1, -0.05) is 22.0 Å². The van der Waals surface area contributed by atoms with Gasteiger partial charge in [0.2, 0.25) is 0 Å². The number of carbonyl (C=O) groups excluding carboxylic acids is 1. The van der Waals surface area contributed by atoms with E-state index in [1.165, 1.54) is 12.1 Å². The van der Waals surface area contributed by atoms with Crippen LogP contribution in [0.2, 0.25) is 0 Å². The van der Waals surface area contributed by atoms with Gasteiger partial charge in [-0.05, 0) is 47.9 Å². The molecule has 0 unspecified atom stereocenters. The number of carbonyl (C=O) groups is 1. The molecule has 0 aromatic heterocycles. The van der Waals surface area contributed by atoms with Crippen LogP contribution in [0.3, 0.4) is 0 Å². The molecule has 2 aromatic carbocycles. The van der Waals surface area contributed by atoms with Crippen molar-refractivity contribution in [2.24, 2.45) is 5.73 Å². The van der Waals surface area contributed by atoms with Crippen molar-refractivity contribution in [3.63, 3.8) is 0 Å². The average Bonchev–Trinajstić information content (AvgIpc) is 2.73. The molecule has 3 rings (SSSR count). The summed E-state index contributed by atoms with van der Waals surface area (Å²) in [5, 5.41) is 0. The number of alkyl halides is 3. The van der Waals surface area contributed by atoms with Crippen LogP contribution >= 0.6 is 15.9 Å². The van der Waals surface area contributed by atoms with E-state index in [9.17, 15) is 18.0 Å². The predicted molar refractivity (Wildman–Crippen MR) is 118 cm³/mol. The Balaban J connectivity index is 1.54. The van der Waals surface area contributed by atoms with Crippen LogP contribution in [0.4, 0.5) is 13.2 Å². The van der Waals surface area contributed by atoms with Crippen molar-refractivity contribution in [3.8, 4) is 11.5 Å². The summed E-state index contributed by atoms with van der Waals surface area (Å²) in [6, 6.07) is 10.0. The van der Waals surface area contributed by atoms with Crippen molar-refractivity contribution in [3.05, 3.63) is 57.6 Å². The third-order valence-electron chi connectivity index (χ3n) is 5.37. The van der Waals surface area contributed by atoms with E-state index in [1.54, 1.807) is 13.2 Å². The Labute approximate surface area is 193 Å². The first-order chi connectivity index (χ1) is 15.1. The molecule has 0 saturated carbocycles. The van der Waals surface area contributed by atoms with E-state index in [0.29, 0.717) is 18.5 Å². The minimum Gasteiger partial charge on any atom is -0.497 e. The van der Waals surface area contributed by atoms with E-state index < -0.39 is 18.0 Å². The summed E-state index contributed by atoms with van der Waals surface area (Å²) in [7, 11) is 1.64. The lowest BCUT2D eigenvalue weighted by Crippen LogP contribution is -2.46. The minimum atomic E-state index is -4.89. The maximum Gasteiger partial charge on any atom is 0.573 e. The number of nitrogens with zero attached hydrogens (tertiary/aromatic N) is 2. The van der Waals surface area contributed by atoms with E-state index in [2.05, 4.69) is 30.5 Å². The molecule has 174 valence electrons. The van der Waals surface area contributed by atoms with Crippen molar-refractivity contribution in [2.45, 2.75) is 19.3 Å². The lowest BCUT2D eigenvalue weighted by molar-refractivity contribution is -0.274. The lowest BCUT2D eigenvalue weighted by Gasteiger charge is -2.35. The van der Waals surface area contributed by atoms with Crippen LogP contribution in [0.15, 0.2) is 40.9 Å². The summed E-state index contributed by atoms with van der Waals surface area (Å²) in [5.41, 5.74) is 6.68. The Bertz CT molecular complexity index is 948. The minimum absolute atomic E-state index is 0.289. The fourth-order valence-corrected chi connectivity index (χ4v) is 4.01. The first-order valence-corrected chi connectivity index (χ1v) is 10.9. The summed E-state index contributed by atoms with van der Waals surface area (Å²) in [4.78, 5) is 16.0. The number of piperazine rings is 1. The zero-order valence-corrected chi connectivity index (χ0v) is 19.2.